The number of anilines is 2. The number of carbonyl (C=O) groups is 2. The van der Waals surface area contributed by atoms with Crippen LogP contribution in [0, 0.1) is 5.92 Å². The van der Waals surface area contributed by atoms with E-state index < -0.39 is 0 Å². The Kier molecular flexibility index (Phi) is 7.54. The van der Waals surface area contributed by atoms with Crippen LogP contribution in [-0.2, 0) is 4.79 Å². The molecule has 3 N–H and O–H groups in total. The summed E-state index contributed by atoms with van der Waals surface area (Å²) in [5.74, 6) is 0.0917. The molecule has 2 amide bonds. The first-order valence-electron chi connectivity index (χ1n) is 8.77. The Morgan fingerprint density at radius 2 is 1.82 bits per heavy atom. The number of amides is 2. The van der Waals surface area contributed by atoms with Crippen molar-refractivity contribution < 1.29 is 14.3 Å². The number of likely N-dealkylation sites (tertiary alicyclic amines) is 1. The Hall–Kier alpha value is -2.44. The van der Waals surface area contributed by atoms with E-state index in [-0.39, 0.29) is 30.1 Å². The van der Waals surface area contributed by atoms with Crippen molar-refractivity contribution in [2.24, 2.45) is 5.92 Å². The normalized spacial score (nSPS) is 14.1. The summed E-state index contributed by atoms with van der Waals surface area (Å²) < 4.78 is 5.27. The van der Waals surface area contributed by atoms with E-state index in [2.05, 4.69) is 5.32 Å². The summed E-state index contributed by atoms with van der Waals surface area (Å²) in [5, 5.41) is 3.24. The average Bonchev–Trinajstić information content (AvgIpc) is 2.70. The summed E-state index contributed by atoms with van der Waals surface area (Å²) >= 11 is 6.06. The monoisotopic (exact) mass is 423 g/mol. The van der Waals surface area contributed by atoms with Crippen molar-refractivity contribution in [2.75, 3.05) is 31.2 Å². The van der Waals surface area contributed by atoms with Crippen LogP contribution < -0.4 is 15.8 Å². The SMILES string of the molecule is COc1cc(N)c(Cl)cc1C(=O)N1CCC(C(=O)Nc2ccccc2)CC1.Cl. The van der Waals surface area contributed by atoms with Crippen LogP contribution >= 0.6 is 24.0 Å². The largest absolute Gasteiger partial charge is 0.496 e. The van der Waals surface area contributed by atoms with Crippen molar-refractivity contribution in [2.45, 2.75) is 12.8 Å². The van der Waals surface area contributed by atoms with Crippen LogP contribution in [0.1, 0.15) is 23.2 Å². The van der Waals surface area contributed by atoms with E-state index in [1.54, 1.807) is 11.0 Å². The topological polar surface area (TPSA) is 84.7 Å². The third kappa shape index (κ3) is 4.88. The highest BCUT2D eigenvalue weighted by Gasteiger charge is 2.29. The van der Waals surface area contributed by atoms with Gasteiger partial charge in [0, 0.05) is 30.8 Å². The van der Waals surface area contributed by atoms with Gasteiger partial charge < -0.3 is 20.7 Å². The highest BCUT2D eigenvalue weighted by Crippen LogP contribution is 2.31. The first-order chi connectivity index (χ1) is 13.0. The van der Waals surface area contributed by atoms with Gasteiger partial charge in [0.15, 0.2) is 0 Å². The molecule has 1 fully saturated rings. The smallest absolute Gasteiger partial charge is 0.257 e. The van der Waals surface area contributed by atoms with Crippen LogP contribution in [0.15, 0.2) is 42.5 Å². The third-order valence-electron chi connectivity index (χ3n) is 4.74. The maximum Gasteiger partial charge on any atom is 0.257 e. The van der Waals surface area contributed by atoms with Crippen molar-refractivity contribution in [1.82, 2.24) is 4.90 Å². The zero-order chi connectivity index (χ0) is 19.4. The Morgan fingerprint density at radius 1 is 1.18 bits per heavy atom. The molecule has 2 aromatic carbocycles. The molecule has 150 valence electrons. The van der Waals surface area contributed by atoms with Gasteiger partial charge in [-0.3, -0.25) is 9.59 Å². The number of para-hydroxylation sites is 1. The lowest BCUT2D eigenvalue weighted by Gasteiger charge is -2.31. The number of halogens is 2. The molecule has 3 rings (SSSR count). The molecule has 0 bridgehead atoms. The molecule has 0 spiro atoms. The van der Waals surface area contributed by atoms with E-state index in [1.807, 2.05) is 30.3 Å². The van der Waals surface area contributed by atoms with E-state index in [9.17, 15) is 9.59 Å². The summed E-state index contributed by atoms with van der Waals surface area (Å²) in [7, 11) is 1.49. The van der Waals surface area contributed by atoms with E-state index in [4.69, 9.17) is 22.1 Å². The lowest BCUT2D eigenvalue weighted by atomic mass is 9.95. The minimum atomic E-state index is -0.171. The summed E-state index contributed by atoms with van der Waals surface area (Å²) in [4.78, 5) is 27.0. The minimum Gasteiger partial charge on any atom is -0.496 e. The number of nitrogen functional groups attached to an aromatic ring is 1. The quantitative estimate of drug-likeness (QED) is 0.731. The van der Waals surface area contributed by atoms with Crippen molar-refractivity contribution in [1.29, 1.82) is 0 Å². The molecule has 1 heterocycles. The summed E-state index contributed by atoms with van der Waals surface area (Å²) in [6.45, 7) is 0.994. The molecule has 2 aromatic rings. The standard InChI is InChI=1S/C20H22ClN3O3.ClH/c1-27-18-12-17(22)16(21)11-15(18)20(26)24-9-7-13(8-10-24)19(25)23-14-5-3-2-4-6-14;/h2-6,11-13H,7-10,22H2,1H3,(H,23,25);1H. The van der Waals surface area contributed by atoms with Crippen LogP contribution in [0.2, 0.25) is 5.02 Å². The molecule has 0 aliphatic carbocycles. The maximum atomic E-state index is 12.9. The molecule has 1 saturated heterocycles. The Bertz CT molecular complexity index is 838. The van der Waals surface area contributed by atoms with Crippen molar-refractivity contribution in [3.8, 4) is 5.75 Å². The highest BCUT2D eigenvalue weighted by molar-refractivity contribution is 6.33. The van der Waals surface area contributed by atoms with Crippen molar-refractivity contribution in [3.05, 3.63) is 53.1 Å². The van der Waals surface area contributed by atoms with E-state index in [0.717, 1.165) is 5.69 Å². The number of hydrogen-bond acceptors (Lipinski definition) is 4. The average molecular weight is 424 g/mol. The first kappa shape index (κ1) is 21.9. The van der Waals surface area contributed by atoms with Gasteiger partial charge in [-0.15, -0.1) is 12.4 Å². The van der Waals surface area contributed by atoms with E-state index >= 15 is 0 Å². The number of nitrogens with zero attached hydrogens (tertiary/aromatic N) is 1. The predicted octanol–water partition coefficient (Wildman–Crippen LogP) is 3.84. The van der Waals surface area contributed by atoms with Crippen molar-refractivity contribution in [3.63, 3.8) is 0 Å². The molecule has 1 aliphatic rings. The molecular weight excluding hydrogens is 401 g/mol. The predicted molar refractivity (Wildman–Crippen MR) is 113 cm³/mol. The van der Waals surface area contributed by atoms with Gasteiger partial charge in [-0.05, 0) is 31.0 Å². The molecule has 0 atom stereocenters. The molecule has 8 heteroatoms. The zero-order valence-corrected chi connectivity index (χ0v) is 17.1. The number of piperidine rings is 1. The van der Waals surface area contributed by atoms with Gasteiger partial charge in [0.05, 0.1) is 23.4 Å². The first-order valence-corrected chi connectivity index (χ1v) is 9.15. The minimum absolute atomic E-state index is 0. The zero-order valence-electron chi connectivity index (χ0n) is 15.5. The lowest BCUT2D eigenvalue weighted by Crippen LogP contribution is -2.41. The van der Waals surface area contributed by atoms with Gasteiger partial charge in [-0.2, -0.15) is 0 Å². The van der Waals surface area contributed by atoms with Crippen molar-refractivity contribution >= 4 is 47.2 Å². The van der Waals surface area contributed by atoms with Gasteiger partial charge in [0.25, 0.3) is 5.91 Å². The molecule has 0 radical (unpaired) electrons. The number of benzene rings is 2. The van der Waals surface area contributed by atoms with Crippen LogP contribution in [0.4, 0.5) is 11.4 Å². The summed E-state index contributed by atoms with van der Waals surface area (Å²) in [6, 6.07) is 12.4. The maximum absolute atomic E-state index is 12.9. The number of ether oxygens (including phenoxy) is 1. The fourth-order valence-electron chi connectivity index (χ4n) is 3.19. The van der Waals surface area contributed by atoms with Gasteiger partial charge in [-0.25, -0.2) is 0 Å². The van der Waals surface area contributed by atoms with Crippen LogP contribution in [0.3, 0.4) is 0 Å². The molecule has 1 aliphatic heterocycles. The van der Waals surface area contributed by atoms with Crippen LogP contribution in [-0.4, -0.2) is 36.9 Å². The Balaban J connectivity index is 0.00000280. The molecule has 28 heavy (non-hydrogen) atoms. The van der Waals surface area contributed by atoms with Gasteiger partial charge in [0.1, 0.15) is 5.75 Å². The number of nitrogens with one attached hydrogen (secondary N) is 1. The molecule has 6 nitrogen and oxygen atoms in total. The van der Waals surface area contributed by atoms with Crippen LogP contribution in [0.5, 0.6) is 5.75 Å². The fraction of sp³-hybridized carbons (Fsp3) is 0.300. The number of carbonyl (C=O) groups excluding carboxylic acids is 2. The van der Waals surface area contributed by atoms with E-state index in [0.29, 0.717) is 48.0 Å². The second-order valence-corrected chi connectivity index (χ2v) is 6.90. The molecule has 0 aromatic heterocycles. The Morgan fingerprint density at radius 3 is 2.43 bits per heavy atom. The summed E-state index contributed by atoms with van der Waals surface area (Å²) in [5.41, 5.74) is 7.30. The lowest BCUT2D eigenvalue weighted by molar-refractivity contribution is -0.121. The number of hydrogen-bond donors (Lipinski definition) is 2. The number of methoxy groups -OCH3 is 1. The second-order valence-electron chi connectivity index (χ2n) is 6.50. The fourth-order valence-corrected chi connectivity index (χ4v) is 3.35. The highest BCUT2D eigenvalue weighted by atomic mass is 35.5. The third-order valence-corrected chi connectivity index (χ3v) is 5.07. The number of nitrogens with two attached hydrogens (primary N) is 1. The van der Waals surface area contributed by atoms with E-state index in [1.165, 1.54) is 13.2 Å². The second kappa shape index (κ2) is 9.66. The molecule has 0 unspecified atom stereocenters. The Labute approximate surface area is 175 Å². The molecule has 0 saturated carbocycles. The van der Waals surface area contributed by atoms with Gasteiger partial charge in [-0.1, -0.05) is 29.8 Å². The number of rotatable bonds is 4. The molecular formula is C20H23Cl2N3O3. The van der Waals surface area contributed by atoms with Gasteiger partial charge in [0.2, 0.25) is 5.91 Å². The van der Waals surface area contributed by atoms with Gasteiger partial charge >= 0.3 is 0 Å². The summed E-state index contributed by atoms with van der Waals surface area (Å²) in [6.07, 6.45) is 1.21. The van der Waals surface area contributed by atoms with Crippen LogP contribution in [0.25, 0.3) is 0 Å².